The standard InChI is InChI=1S/C23H24ClN5O2/c24-22-26-14-20(17-10-12-25-13-11-17)21(29-22)27-18-6-8-19(9-7-18)28-23(30)31-15-16-4-2-1-3-5-16/h1-5,10-14,18-19H,6-9,15H2,(H,28,30)(H,26,27,29). The average molecular weight is 438 g/mol. The van der Waals surface area contributed by atoms with Gasteiger partial charge in [0.05, 0.1) is 0 Å². The van der Waals surface area contributed by atoms with Gasteiger partial charge in [0.15, 0.2) is 0 Å². The molecule has 160 valence electrons. The van der Waals surface area contributed by atoms with Gasteiger partial charge in [0.2, 0.25) is 5.28 Å². The first-order chi connectivity index (χ1) is 15.2. The lowest BCUT2D eigenvalue weighted by Crippen LogP contribution is -2.40. The lowest BCUT2D eigenvalue weighted by atomic mass is 9.91. The van der Waals surface area contributed by atoms with Gasteiger partial charge in [-0.2, -0.15) is 0 Å². The van der Waals surface area contributed by atoms with Crippen LogP contribution < -0.4 is 10.6 Å². The first-order valence-corrected chi connectivity index (χ1v) is 10.7. The number of anilines is 1. The molecule has 31 heavy (non-hydrogen) atoms. The van der Waals surface area contributed by atoms with E-state index in [9.17, 15) is 4.79 Å². The number of carbonyl (C=O) groups is 1. The van der Waals surface area contributed by atoms with Gasteiger partial charge in [0.25, 0.3) is 0 Å². The number of rotatable bonds is 6. The fraction of sp³-hybridized carbons (Fsp3) is 0.304. The van der Waals surface area contributed by atoms with Gasteiger partial charge in [0, 0.05) is 36.2 Å². The third-order valence-electron chi connectivity index (χ3n) is 5.35. The molecule has 1 aliphatic rings. The summed E-state index contributed by atoms with van der Waals surface area (Å²) in [4.78, 5) is 24.7. The van der Waals surface area contributed by atoms with Crippen LogP contribution in [0.3, 0.4) is 0 Å². The third kappa shape index (κ3) is 5.92. The summed E-state index contributed by atoms with van der Waals surface area (Å²) in [5, 5.41) is 6.69. The number of halogens is 1. The summed E-state index contributed by atoms with van der Waals surface area (Å²) >= 11 is 6.04. The molecule has 4 rings (SSSR count). The zero-order valence-corrected chi connectivity index (χ0v) is 17.8. The molecular weight excluding hydrogens is 414 g/mol. The summed E-state index contributed by atoms with van der Waals surface area (Å²) in [7, 11) is 0. The normalized spacial score (nSPS) is 18.2. The van der Waals surface area contributed by atoms with Crippen molar-refractivity contribution >= 4 is 23.5 Å². The zero-order valence-electron chi connectivity index (χ0n) is 17.0. The highest BCUT2D eigenvalue weighted by atomic mass is 35.5. The number of carbonyl (C=O) groups excluding carboxylic acids is 1. The van der Waals surface area contributed by atoms with Gasteiger partial charge in [-0.25, -0.2) is 14.8 Å². The highest BCUT2D eigenvalue weighted by molar-refractivity contribution is 6.28. The van der Waals surface area contributed by atoms with Gasteiger partial charge in [-0.15, -0.1) is 0 Å². The SMILES string of the molecule is O=C(NC1CCC(Nc2nc(Cl)ncc2-c2ccncc2)CC1)OCc1ccccc1. The van der Waals surface area contributed by atoms with E-state index in [4.69, 9.17) is 16.3 Å². The second-order valence-electron chi connectivity index (χ2n) is 7.54. The van der Waals surface area contributed by atoms with E-state index in [2.05, 4.69) is 25.6 Å². The third-order valence-corrected chi connectivity index (χ3v) is 5.54. The molecular formula is C23H24ClN5O2. The lowest BCUT2D eigenvalue weighted by molar-refractivity contribution is 0.132. The Morgan fingerprint density at radius 3 is 2.48 bits per heavy atom. The average Bonchev–Trinajstić information content (AvgIpc) is 2.80. The summed E-state index contributed by atoms with van der Waals surface area (Å²) < 4.78 is 5.33. The van der Waals surface area contributed by atoms with Crippen molar-refractivity contribution in [2.75, 3.05) is 5.32 Å². The van der Waals surface area contributed by atoms with E-state index < -0.39 is 0 Å². The molecule has 1 aliphatic carbocycles. The van der Waals surface area contributed by atoms with Crippen molar-refractivity contribution in [1.29, 1.82) is 0 Å². The smallest absolute Gasteiger partial charge is 0.407 e. The largest absolute Gasteiger partial charge is 0.445 e. The van der Waals surface area contributed by atoms with Crippen molar-refractivity contribution in [3.05, 3.63) is 71.9 Å². The Morgan fingerprint density at radius 2 is 1.74 bits per heavy atom. The summed E-state index contributed by atoms with van der Waals surface area (Å²) in [5.74, 6) is 0.713. The van der Waals surface area contributed by atoms with Gasteiger partial charge >= 0.3 is 6.09 Å². The second-order valence-corrected chi connectivity index (χ2v) is 7.87. The van der Waals surface area contributed by atoms with Crippen LogP contribution in [0, 0.1) is 0 Å². The number of aromatic nitrogens is 3. The van der Waals surface area contributed by atoms with E-state index in [0.717, 1.165) is 42.4 Å². The topological polar surface area (TPSA) is 89.0 Å². The van der Waals surface area contributed by atoms with Crippen LogP contribution in [0.15, 0.2) is 61.1 Å². The maximum atomic E-state index is 12.1. The Bertz CT molecular complexity index is 995. The van der Waals surface area contributed by atoms with Crippen molar-refractivity contribution in [3.63, 3.8) is 0 Å². The molecule has 1 aromatic carbocycles. The van der Waals surface area contributed by atoms with Crippen molar-refractivity contribution in [3.8, 4) is 11.1 Å². The minimum Gasteiger partial charge on any atom is -0.445 e. The Morgan fingerprint density at radius 1 is 1.03 bits per heavy atom. The maximum Gasteiger partial charge on any atom is 0.407 e. The fourth-order valence-electron chi connectivity index (χ4n) is 3.72. The molecule has 0 spiro atoms. The Balaban J connectivity index is 1.29. The number of hydrogen-bond donors (Lipinski definition) is 2. The van der Waals surface area contributed by atoms with Gasteiger partial charge in [0.1, 0.15) is 12.4 Å². The van der Waals surface area contributed by atoms with Gasteiger partial charge in [-0.3, -0.25) is 4.98 Å². The molecule has 0 aliphatic heterocycles. The van der Waals surface area contributed by atoms with Crippen LogP contribution in [0.1, 0.15) is 31.2 Å². The molecule has 1 saturated carbocycles. The van der Waals surface area contributed by atoms with Crippen molar-refractivity contribution < 1.29 is 9.53 Å². The molecule has 1 amide bonds. The molecule has 0 unspecified atom stereocenters. The van der Waals surface area contributed by atoms with Crippen molar-refractivity contribution in [2.45, 2.75) is 44.4 Å². The van der Waals surface area contributed by atoms with E-state index in [1.165, 1.54) is 0 Å². The first-order valence-electron chi connectivity index (χ1n) is 10.3. The predicted molar refractivity (Wildman–Crippen MR) is 120 cm³/mol. The van der Waals surface area contributed by atoms with Gasteiger partial charge in [-0.05, 0) is 60.5 Å². The van der Waals surface area contributed by atoms with Crippen LogP contribution in [-0.2, 0) is 11.3 Å². The first kappa shape index (κ1) is 21.1. The van der Waals surface area contributed by atoms with Crippen molar-refractivity contribution in [1.82, 2.24) is 20.3 Å². The molecule has 0 bridgehead atoms. The molecule has 0 saturated heterocycles. The van der Waals surface area contributed by atoms with Gasteiger partial charge < -0.3 is 15.4 Å². The molecule has 8 heteroatoms. The minimum atomic E-state index is -0.372. The number of benzene rings is 1. The predicted octanol–water partition coefficient (Wildman–Crippen LogP) is 4.84. The maximum absolute atomic E-state index is 12.1. The molecule has 2 aromatic heterocycles. The highest BCUT2D eigenvalue weighted by Gasteiger charge is 2.24. The summed E-state index contributed by atoms with van der Waals surface area (Å²) in [6, 6.07) is 13.8. The lowest BCUT2D eigenvalue weighted by Gasteiger charge is -2.30. The molecule has 7 nitrogen and oxygen atoms in total. The summed E-state index contributed by atoms with van der Waals surface area (Å²) in [6.45, 7) is 0.274. The van der Waals surface area contributed by atoms with Crippen LogP contribution in [-0.4, -0.2) is 33.1 Å². The van der Waals surface area contributed by atoms with E-state index in [1.807, 2.05) is 42.5 Å². The fourth-order valence-corrected chi connectivity index (χ4v) is 3.85. The molecule has 0 radical (unpaired) electrons. The van der Waals surface area contributed by atoms with Crippen LogP contribution in [0.25, 0.3) is 11.1 Å². The quantitative estimate of drug-likeness (QED) is 0.536. The molecule has 2 heterocycles. The molecule has 0 atom stereocenters. The number of pyridine rings is 1. The van der Waals surface area contributed by atoms with Gasteiger partial charge in [-0.1, -0.05) is 30.3 Å². The minimum absolute atomic E-state index is 0.106. The van der Waals surface area contributed by atoms with Crippen LogP contribution in [0.5, 0.6) is 0 Å². The van der Waals surface area contributed by atoms with E-state index in [0.29, 0.717) is 5.82 Å². The molecule has 1 fully saturated rings. The van der Waals surface area contributed by atoms with Crippen LogP contribution >= 0.6 is 11.6 Å². The van der Waals surface area contributed by atoms with E-state index >= 15 is 0 Å². The summed E-state index contributed by atoms with van der Waals surface area (Å²) in [5.41, 5.74) is 2.83. The zero-order chi connectivity index (χ0) is 21.5. The number of nitrogens with zero attached hydrogens (tertiary/aromatic N) is 3. The Hall–Kier alpha value is -3.19. The number of hydrogen-bond acceptors (Lipinski definition) is 6. The summed E-state index contributed by atoms with van der Waals surface area (Å²) in [6.07, 6.45) is 8.36. The van der Waals surface area contributed by atoms with Crippen LogP contribution in [0.4, 0.5) is 10.6 Å². The number of nitrogens with one attached hydrogen (secondary N) is 2. The van der Waals surface area contributed by atoms with E-state index in [-0.39, 0.29) is 30.1 Å². The Labute approximate surface area is 186 Å². The van der Waals surface area contributed by atoms with E-state index in [1.54, 1.807) is 18.6 Å². The molecule has 2 N–H and O–H groups in total. The Kier molecular flexibility index (Phi) is 6.94. The number of amides is 1. The molecule has 3 aromatic rings. The monoisotopic (exact) mass is 437 g/mol. The van der Waals surface area contributed by atoms with Crippen molar-refractivity contribution in [2.24, 2.45) is 0 Å². The second kappa shape index (κ2) is 10.2. The number of ether oxygens (including phenoxy) is 1. The highest BCUT2D eigenvalue weighted by Crippen LogP contribution is 2.29. The number of alkyl carbamates (subject to hydrolysis) is 1. The van der Waals surface area contributed by atoms with Crippen LogP contribution in [0.2, 0.25) is 5.28 Å².